The molecule has 0 spiro atoms. The van der Waals surface area contributed by atoms with Crippen LogP contribution in [0.1, 0.15) is 18.1 Å². The minimum atomic E-state index is -0.590. The van der Waals surface area contributed by atoms with Crippen molar-refractivity contribution in [2.45, 2.75) is 26.3 Å². The Morgan fingerprint density at radius 2 is 1.96 bits per heavy atom. The lowest BCUT2D eigenvalue weighted by molar-refractivity contribution is -0.149. The van der Waals surface area contributed by atoms with Crippen molar-refractivity contribution in [2.75, 3.05) is 18.1 Å². The van der Waals surface area contributed by atoms with E-state index in [9.17, 15) is 9.59 Å². The molecule has 3 rings (SSSR count). The highest BCUT2D eigenvalue weighted by Crippen LogP contribution is 2.31. The minimum absolute atomic E-state index is 0.0477. The predicted molar refractivity (Wildman–Crippen MR) is 99.7 cm³/mol. The van der Waals surface area contributed by atoms with Crippen LogP contribution in [0.3, 0.4) is 0 Å². The third-order valence-electron chi connectivity index (χ3n) is 4.32. The Morgan fingerprint density at radius 1 is 1.19 bits per heavy atom. The number of ether oxygens (including phenoxy) is 2. The predicted octanol–water partition coefficient (Wildman–Crippen LogP) is 3.55. The summed E-state index contributed by atoms with van der Waals surface area (Å²) in [6.07, 6.45) is 0.800. The maximum absolute atomic E-state index is 12.5. The fourth-order valence-corrected chi connectivity index (χ4v) is 3.34. The molecule has 0 fully saturated rings. The summed E-state index contributed by atoms with van der Waals surface area (Å²) in [5, 5.41) is 0.600. The van der Waals surface area contributed by atoms with E-state index in [2.05, 4.69) is 0 Å². The van der Waals surface area contributed by atoms with E-state index in [0.717, 1.165) is 23.2 Å². The lowest BCUT2D eigenvalue weighted by Crippen LogP contribution is -2.39. The van der Waals surface area contributed by atoms with Gasteiger partial charge in [-0.05, 0) is 55.7 Å². The molecule has 5 nitrogen and oxygen atoms in total. The number of aryl methyl sites for hydroxylation is 1. The summed E-state index contributed by atoms with van der Waals surface area (Å²) in [5.41, 5.74) is 2.83. The zero-order valence-corrected chi connectivity index (χ0v) is 15.5. The zero-order valence-electron chi connectivity index (χ0n) is 14.7. The quantitative estimate of drug-likeness (QED) is 0.752. The van der Waals surface area contributed by atoms with Crippen LogP contribution in [0.15, 0.2) is 42.5 Å². The summed E-state index contributed by atoms with van der Waals surface area (Å²) in [7, 11) is 0. The summed E-state index contributed by atoms with van der Waals surface area (Å²) < 4.78 is 10.5. The smallest absolute Gasteiger partial charge is 0.344 e. The summed E-state index contributed by atoms with van der Waals surface area (Å²) in [5.74, 6) is -0.272. The number of fused-ring (bicyclic) bond motifs is 1. The maximum Gasteiger partial charge on any atom is 0.344 e. The molecule has 26 heavy (non-hydrogen) atoms. The van der Waals surface area contributed by atoms with E-state index >= 15 is 0 Å². The third-order valence-corrected chi connectivity index (χ3v) is 4.55. The van der Waals surface area contributed by atoms with Crippen molar-refractivity contribution in [3.8, 4) is 5.75 Å². The summed E-state index contributed by atoms with van der Waals surface area (Å²) in [6, 6.07) is 12.9. The van der Waals surface area contributed by atoms with Gasteiger partial charge in [-0.3, -0.25) is 4.79 Å². The van der Waals surface area contributed by atoms with Crippen LogP contribution in [0, 0.1) is 6.92 Å². The molecule has 0 saturated carbocycles. The molecule has 6 heteroatoms. The number of anilines is 1. The zero-order chi connectivity index (χ0) is 18.7. The van der Waals surface area contributed by atoms with Gasteiger partial charge in [-0.2, -0.15) is 0 Å². The van der Waals surface area contributed by atoms with E-state index in [1.165, 1.54) is 0 Å². The van der Waals surface area contributed by atoms with Crippen molar-refractivity contribution in [3.05, 3.63) is 58.6 Å². The van der Waals surface area contributed by atoms with Crippen LogP contribution in [-0.2, 0) is 20.7 Å². The number of nitrogens with zero attached hydrogens (tertiary/aromatic N) is 1. The topological polar surface area (TPSA) is 55.8 Å². The van der Waals surface area contributed by atoms with Crippen molar-refractivity contribution in [1.29, 1.82) is 0 Å². The first-order valence-electron chi connectivity index (χ1n) is 8.40. The van der Waals surface area contributed by atoms with E-state index < -0.39 is 5.97 Å². The number of hydrogen-bond donors (Lipinski definition) is 0. The molecule has 1 aliphatic heterocycles. The molecule has 2 aromatic rings. The molecule has 1 amide bonds. The molecule has 0 unspecified atom stereocenters. The number of para-hydroxylation sites is 1. The van der Waals surface area contributed by atoms with Crippen molar-refractivity contribution in [1.82, 2.24) is 0 Å². The second-order valence-electron chi connectivity index (χ2n) is 6.30. The Bertz CT molecular complexity index is 836. The lowest BCUT2D eigenvalue weighted by Gasteiger charge is -2.22. The normalized spacial score (nSPS) is 15.5. The van der Waals surface area contributed by atoms with Crippen LogP contribution < -0.4 is 9.64 Å². The number of rotatable bonds is 5. The van der Waals surface area contributed by atoms with Crippen LogP contribution in [0.5, 0.6) is 5.75 Å². The van der Waals surface area contributed by atoms with Crippen molar-refractivity contribution in [2.24, 2.45) is 0 Å². The Hall–Kier alpha value is -2.53. The number of carbonyl (C=O) groups is 2. The first-order chi connectivity index (χ1) is 12.5. The molecular weight excluding hydrogens is 354 g/mol. The number of hydrogen-bond acceptors (Lipinski definition) is 4. The molecule has 1 aliphatic rings. The van der Waals surface area contributed by atoms with Gasteiger partial charge in [-0.1, -0.05) is 29.8 Å². The number of esters is 1. The summed E-state index contributed by atoms with van der Waals surface area (Å²) in [6.45, 7) is 3.25. The van der Waals surface area contributed by atoms with Crippen LogP contribution in [-0.4, -0.2) is 31.1 Å². The molecular formula is C20H20ClNO4. The van der Waals surface area contributed by atoms with E-state index in [4.69, 9.17) is 21.1 Å². The second-order valence-corrected chi connectivity index (χ2v) is 6.74. The first-order valence-corrected chi connectivity index (χ1v) is 8.78. The van der Waals surface area contributed by atoms with Crippen LogP contribution in [0.2, 0.25) is 5.02 Å². The number of amides is 1. The summed E-state index contributed by atoms with van der Waals surface area (Å²) >= 11 is 5.88. The third kappa shape index (κ3) is 3.99. The molecule has 0 saturated heterocycles. The Kier molecular flexibility index (Phi) is 5.47. The maximum atomic E-state index is 12.5. The molecule has 0 aliphatic carbocycles. The van der Waals surface area contributed by atoms with E-state index in [-0.39, 0.29) is 25.2 Å². The van der Waals surface area contributed by atoms with Gasteiger partial charge in [-0.25, -0.2) is 4.79 Å². The molecule has 0 N–H and O–H groups in total. The van der Waals surface area contributed by atoms with Gasteiger partial charge in [0.05, 0.1) is 0 Å². The monoisotopic (exact) mass is 373 g/mol. The van der Waals surface area contributed by atoms with Gasteiger partial charge in [-0.15, -0.1) is 0 Å². The average Bonchev–Trinajstić information content (AvgIpc) is 2.94. The standard InChI is InChI=1S/C20H20ClNO4/c1-13-9-16(21)7-8-18(13)25-12-20(24)26-11-19(23)22-14(2)10-15-5-3-4-6-17(15)22/h3-9,14H,10-12H2,1-2H3/t14-/m1/s1. The van der Waals surface area contributed by atoms with E-state index in [1.807, 2.05) is 38.1 Å². The van der Waals surface area contributed by atoms with E-state index in [0.29, 0.717) is 10.8 Å². The van der Waals surface area contributed by atoms with Crippen molar-refractivity contribution >= 4 is 29.2 Å². The van der Waals surface area contributed by atoms with Gasteiger partial charge in [0.1, 0.15) is 5.75 Å². The fraction of sp³-hybridized carbons (Fsp3) is 0.300. The second kappa shape index (κ2) is 7.79. The van der Waals surface area contributed by atoms with Crippen molar-refractivity contribution in [3.63, 3.8) is 0 Å². The molecule has 136 valence electrons. The highest BCUT2D eigenvalue weighted by molar-refractivity contribution is 6.30. The van der Waals surface area contributed by atoms with Gasteiger partial charge in [0.25, 0.3) is 5.91 Å². The van der Waals surface area contributed by atoms with Crippen LogP contribution in [0.4, 0.5) is 5.69 Å². The molecule has 2 aromatic carbocycles. The van der Waals surface area contributed by atoms with E-state index in [1.54, 1.807) is 23.1 Å². The van der Waals surface area contributed by atoms with Crippen LogP contribution >= 0.6 is 11.6 Å². The molecule has 0 aromatic heterocycles. The number of benzene rings is 2. The fourth-order valence-electron chi connectivity index (χ4n) is 3.11. The Balaban J connectivity index is 1.52. The van der Waals surface area contributed by atoms with Gasteiger partial charge in [0.2, 0.25) is 0 Å². The van der Waals surface area contributed by atoms with Crippen LogP contribution in [0.25, 0.3) is 0 Å². The molecule has 0 radical (unpaired) electrons. The average molecular weight is 374 g/mol. The van der Waals surface area contributed by atoms with Gasteiger partial charge < -0.3 is 14.4 Å². The summed E-state index contributed by atoms with van der Waals surface area (Å²) in [4.78, 5) is 26.1. The number of carbonyl (C=O) groups excluding carboxylic acids is 2. The highest BCUT2D eigenvalue weighted by atomic mass is 35.5. The largest absolute Gasteiger partial charge is 0.482 e. The Labute approximate surface area is 157 Å². The lowest BCUT2D eigenvalue weighted by atomic mass is 10.1. The number of halogens is 1. The van der Waals surface area contributed by atoms with Crippen molar-refractivity contribution < 1.29 is 19.1 Å². The minimum Gasteiger partial charge on any atom is -0.482 e. The van der Waals surface area contributed by atoms with Gasteiger partial charge in [0.15, 0.2) is 13.2 Å². The molecule has 1 atom stereocenters. The van der Waals surface area contributed by atoms with Gasteiger partial charge >= 0.3 is 5.97 Å². The SMILES string of the molecule is Cc1cc(Cl)ccc1OCC(=O)OCC(=O)N1c2ccccc2C[C@H]1C. The Morgan fingerprint density at radius 3 is 2.73 bits per heavy atom. The van der Waals surface area contributed by atoms with Gasteiger partial charge in [0, 0.05) is 16.8 Å². The first kappa shape index (κ1) is 18.3. The highest BCUT2D eigenvalue weighted by Gasteiger charge is 2.30. The molecule has 0 bridgehead atoms. The molecule has 1 heterocycles.